The smallest absolute Gasteiger partial charge is 0.300 e. The van der Waals surface area contributed by atoms with Crippen LogP contribution in [-0.4, -0.2) is 9.38 Å². The number of fused-ring (bicyclic) bond motifs is 1. The van der Waals surface area contributed by atoms with Gasteiger partial charge in [-0.15, -0.1) is 0 Å². The van der Waals surface area contributed by atoms with Crippen LogP contribution in [-0.2, 0) is 0 Å². The number of hydrogen-bond donors (Lipinski definition) is 1. The molecule has 2 heterocycles. The van der Waals surface area contributed by atoms with Crippen LogP contribution in [0.2, 0.25) is 0 Å². The first kappa shape index (κ1) is 5.22. The molecular weight excluding hydrogens is 130 g/mol. The van der Waals surface area contributed by atoms with Gasteiger partial charge in [0.05, 0.1) is 0 Å². The molecule has 0 radical (unpaired) electrons. The topological polar surface area (TPSA) is 54.3 Å². The lowest BCUT2D eigenvalue weighted by molar-refractivity contribution is 0.457. The van der Waals surface area contributed by atoms with E-state index in [-0.39, 0.29) is 5.68 Å². The summed E-state index contributed by atoms with van der Waals surface area (Å²) < 4.78 is 6.39. The van der Waals surface area contributed by atoms with E-state index in [1.54, 1.807) is 12.4 Å². The fraction of sp³-hybridized carbons (Fsp3) is 0. The van der Waals surface area contributed by atoms with E-state index in [0.717, 1.165) is 0 Å². The maximum atomic E-state index is 7.22. The van der Waals surface area contributed by atoms with Gasteiger partial charge in [0, 0.05) is 12.4 Å². The van der Waals surface area contributed by atoms with Crippen LogP contribution in [0.15, 0.2) is 16.8 Å². The van der Waals surface area contributed by atoms with E-state index in [4.69, 9.17) is 9.83 Å². The zero-order chi connectivity index (χ0) is 7.14. The summed E-state index contributed by atoms with van der Waals surface area (Å²) in [6, 6.07) is 0. The fourth-order valence-corrected chi connectivity index (χ4v) is 0.885. The molecule has 1 N–H and O–H groups in total. The molecule has 0 amide bonds. The minimum atomic E-state index is 0.0671. The van der Waals surface area contributed by atoms with Crippen molar-refractivity contribution in [3.8, 4) is 0 Å². The summed E-state index contributed by atoms with van der Waals surface area (Å²) in [6.07, 6.45) is 3.27. The molecule has 0 aromatic carbocycles. The van der Waals surface area contributed by atoms with E-state index in [2.05, 4.69) is 11.6 Å². The summed E-state index contributed by atoms with van der Waals surface area (Å²) in [6.45, 7) is 3.57. The molecule has 10 heavy (non-hydrogen) atoms. The highest BCUT2D eigenvalue weighted by Crippen LogP contribution is 1.85. The lowest BCUT2D eigenvalue weighted by Crippen LogP contribution is -2.02. The second-order valence-corrected chi connectivity index (χ2v) is 1.95. The summed E-state index contributed by atoms with van der Waals surface area (Å²) in [5.74, 6) is 0. The van der Waals surface area contributed by atoms with E-state index < -0.39 is 0 Å². The van der Waals surface area contributed by atoms with Crippen molar-refractivity contribution in [3.05, 3.63) is 23.5 Å². The van der Waals surface area contributed by atoms with Gasteiger partial charge in [-0.1, -0.05) is 6.58 Å². The molecule has 2 aromatic heterocycles. The van der Waals surface area contributed by atoms with Gasteiger partial charge in [-0.25, -0.2) is 4.98 Å². The number of nitrogens with zero attached hydrogens (tertiary/aromatic N) is 2. The Balaban J connectivity index is 3.28. The maximum absolute atomic E-state index is 7.22. The number of oxazole rings is 1. The summed E-state index contributed by atoms with van der Waals surface area (Å²) in [4.78, 5) is 3.93. The van der Waals surface area contributed by atoms with Crippen molar-refractivity contribution in [1.29, 1.82) is 5.41 Å². The van der Waals surface area contributed by atoms with E-state index in [1.165, 1.54) is 4.40 Å². The summed E-state index contributed by atoms with van der Waals surface area (Å²) >= 11 is 0. The van der Waals surface area contributed by atoms with Crippen molar-refractivity contribution in [1.82, 2.24) is 9.38 Å². The van der Waals surface area contributed by atoms with E-state index in [1.807, 2.05) is 0 Å². The molecule has 0 fully saturated rings. The Kier molecular flexibility index (Phi) is 0.768. The quantitative estimate of drug-likeness (QED) is 0.531. The maximum Gasteiger partial charge on any atom is 0.300 e. The Morgan fingerprint density at radius 1 is 1.70 bits per heavy atom. The number of imidazole rings is 1. The third-order valence-corrected chi connectivity index (χ3v) is 1.33. The normalized spacial score (nSPS) is 10.8. The largest absolute Gasteiger partial charge is 0.422 e. The average Bonchev–Trinajstić information content (AvgIpc) is 2.39. The SMILES string of the molecule is C=c1oc(=N)n2ccnc12. The minimum Gasteiger partial charge on any atom is -0.422 e. The van der Waals surface area contributed by atoms with Gasteiger partial charge >= 0.3 is 0 Å². The van der Waals surface area contributed by atoms with Crippen LogP contribution in [0.1, 0.15) is 0 Å². The van der Waals surface area contributed by atoms with Gasteiger partial charge in [-0.3, -0.25) is 9.81 Å². The summed E-state index contributed by atoms with van der Waals surface area (Å²) in [7, 11) is 0. The van der Waals surface area contributed by atoms with Crippen LogP contribution in [0.25, 0.3) is 12.2 Å². The number of hydrogen-bond acceptors (Lipinski definition) is 3. The molecule has 2 aromatic rings. The molecular formula is C6H5N3O. The van der Waals surface area contributed by atoms with Gasteiger partial charge < -0.3 is 4.42 Å². The Morgan fingerprint density at radius 2 is 2.50 bits per heavy atom. The van der Waals surface area contributed by atoms with Crippen LogP contribution in [0.4, 0.5) is 0 Å². The molecule has 0 aliphatic heterocycles. The van der Waals surface area contributed by atoms with Gasteiger partial charge in [-0.05, 0) is 0 Å². The molecule has 4 nitrogen and oxygen atoms in total. The van der Waals surface area contributed by atoms with E-state index >= 15 is 0 Å². The molecule has 0 aliphatic carbocycles. The molecule has 0 atom stereocenters. The Hall–Kier alpha value is -1.58. The highest BCUT2D eigenvalue weighted by molar-refractivity contribution is 5.35. The van der Waals surface area contributed by atoms with Crippen molar-refractivity contribution >= 4 is 12.2 Å². The van der Waals surface area contributed by atoms with Crippen molar-refractivity contribution in [2.75, 3.05) is 0 Å². The van der Waals surface area contributed by atoms with Crippen LogP contribution < -0.4 is 11.1 Å². The molecule has 0 saturated carbocycles. The Bertz CT molecular complexity index is 413. The van der Waals surface area contributed by atoms with Crippen molar-refractivity contribution in [2.45, 2.75) is 0 Å². The van der Waals surface area contributed by atoms with Gasteiger partial charge in [0.15, 0.2) is 11.1 Å². The molecule has 4 heteroatoms. The molecule has 2 rings (SSSR count). The monoisotopic (exact) mass is 135 g/mol. The molecule has 0 saturated heterocycles. The van der Waals surface area contributed by atoms with Crippen LogP contribution in [0, 0.1) is 5.41 Å². The zero-order valence-electron chi connectivity index (χ0n) is 5.16. The predicted octanol–water partition coefficient (Wildman–Crippen LogP) is -0.464. The van der Waals surface area contributed by atoms with Crippen LogP contribution in [0.5, 0.6) is 0 Å². The Labute approximate surface area is 55.9 Å². The van der Waals surface area contributed by atoms with E-state index in [9.17, 15) is 0 Å². The molecule has 50 valence electrons. The predicted molar refractivity (Wildman–Crippen MR) is 34.1 cm³/mol. The first-order valence-electron chi connectivity index (χ1n) is 2.78. The minimum absolute atomic E-state index is 0.0671. The second-order valence-electron chi connectivity index (χ2n) is 1.95. The van der Waals surface area contributed by atoms with E-state index in [0.29, 0.717) is 11.1 Å². The lowest BCUT2D eigenvalue weighted by Gasteiger charge is -1.71. The average molecular weight is 135 g/mol. The second kappa shape index (κ2) is 1.47. The third-order valence-electron chi connectivity index (χ3n) is 1.33. The van der Waals surface area contributed by atoms with Crippen LogP contribution in [0.3, 0.4) is 0 Å². The molecule has 0 bridgehead atoms. The Morgan fingerprint density at radius 3 is 3.20 bits per heavy atom. The van der Waals surface area contributed by atoms with Crippen molar-refractivity contribution in [2.24, 2.45) is 0 Å². The first-order chi connectivity index (χ1) is 4.79. The van der Waals surface area contributed by atoms with Crippen LogP contribution >= 0.6 is 0 Å². The van der Waals surface area contributed by atoms with Gasteiger partial charge in [0.2, 0.25) is 0 Å². The standard InChI is InChI=1S/C6H5N3O/c1-4-5-8-2-3-9(5)6(7)10-4/h2-3,7H,1H2. The lowest BCUT2D eigenvalue weighted by atomic mass is 10.7. The number of nitrogens with one attached hydrogen (secondary N) is 1. The van der Waals surface area contributed by atoms with Crippen molar-refractivity contribution < 1.29 is 4.42 Å². The zero-order valence-corrected chi connectivity index (χ0v) is 5.16. The number of aromatic nitrogens is 2. The first-order valence-corrected chi connectivity index (χ1v) is 2.78. The third kappa shape index (κ3) is 0.452. The molecule has 0 unspecified atom stereocenters. The summed E-state index contributed by atoms with van der Waals surface area (Å²) in [5, 5.41) is 7.22. The van der Waals surface area contributed by atoms with Gasteiger partial charge in [-0.2, -0.15) is 0 Å². The molecule has 0 spiro atoms. The summed E-state index contributed by atoms with van der Waals surface area (Å²) in [5.41, 5.74) is 1.12. The van der Waals surface area contributed by atoms with Gasteiger partial charge in [0.25, 0.3) is 5.68 Å². The number of rotatable bonds is 0. The van der Waals surface area contributed by atoms with Crippen molar-refractivity contribution in [3.63, 3.8) is 0 Å². The van der Waals surface area contributed by atoms with Gasteiger partial charge in [0.1, 0.15) is 0 Å². The fourth-order valence-electron chi connectivity index (χ4n) is 0.885. The molecule has 0 aliphatic rings. The highest BCUT2D eigenvalue weighted by Gasteiger charge is 1.98. The highest BCUT2D eigenvalue weighted by atomic mass is 16.3.